The lowest BCUT2D eigenvalue weighted by Gasteiger charge is -2.23. The van der Waals surface area contributed by atoms with Gasteiger partial charge >= 0.3 is 0 Å². The monoisotopic (exact) mass is 333 g/mol. The highest BCUT2D eigenvalue weighted by Gasteiger charge is 2.27. The molecular weight excluding hydrogens is 314 g/mol. The second-order valence-electron chi connectivity index (χ2n) is 6.36. The zero-order chi connectivity index (χ0) is 15.9. The smallest absolute Gasteiger partial charge is 0.275 e. The molecule has 2 saturated carbocycles. The molecule has 2 aromatic heterocycles. The first kappa shape index (κ1) is 14.6. The second-order valence-corrected chi connectivity index (χ2v) is 7.99. The number of anilines is 1. The molecule has 2 aliphatic carbocycles. The third kappa shape index (κ3) is 3.08. The molecule has 2 fully saturated rings. The van der Waals surface area contributed by atoms with E-state index in [9.17, 15) is 8.42 Å². The SMILES string of the molecule is O=S(=O)(Nc1cnc(C2CCC2)nc1)c1ccnn1CC1CC1. The van der Waals surface area contributed by atoms with Gasteiger partial charge in [0.1, 0.15) is 5.82 Å². The normalized spacial score (nSPS) is 18.6. The van der Waals surface area contributed by atoms with Gasteiger partial charge in [0.05, 0.1) is 24.3 Å². The fraction of sp³-hybridized carbons (Fsp3) is 0.533. The Morgan fingerprint density at radius 2 is 1.91 bits per heavy atom. The van der Waals surface area contributed by atoms with Crippen LogP contribution in [0.25, 0.3) is 0 Å². The van der Waals surface area contributed by atoms with E-state index in [0.717, 1.165) is 31.5 Å². The molecule has 0 unspecified atom stereocenters. The van der Waals surface area contributed by atoms with Crippen molar-refractivity contribution < 1.29 is 8.42 Å². The van der Waals surface area contributed by atoms with Gasteiger partial charge in [0.25, 0.3) is 10.0 Å². The summed E-state index contributed by atoms with van der Waals surface area (Å²) in [5.74, 6) is 1.78. The molecular formula is C15H19N5O2S. The van der Waals surface area contributed by atoms with E-state index >= 15 is 0 Å². The van der Waals surface area contributed by atoms with E-state index in [-0.39, 0.29) is 5.03 Å². The maximum absolute atomic E-state index is 12.5. The Labute approximate surface area is 135 Å². The lowest BCUT2D eigenvalue weighted by molar-refractivity contribution is 0.401. The van der Waals surface area contributed by atoms with Crippen molar-refractivity contribution in [2.45, 2.75) is 49.6 Å². The molecule has 23 heavy (non-hydrogen) atoms. The molecule has 0 bridgehead atoms. The van der Waals surface area contributed by atoms with Crippen LogP contribution in [0.1, 0.15) is 43.8 Å². The molecule has 1 N–H and O–H groups in total. The summed E-state index contributed by atoms with van der Waals surface area (Å²) in [6.45, 7) is 0.653. The summed E-state index contributed by atoms with van der Waals surface area (Å²) >= 11 is 0. The number of sulfonamides is 1. The van der Waals surface area contributed by atoms with Crippen LogP contribution in [-0.4, -0.2) is 28.2 Å². The Bertz CT molecular complexity index is 792. The van der Waals surface area contributed by atoms with Crippen LogP contribution < -0.4 is 4.72 Å². The summed E-state index contributed by atoms with van der Waals surface area (Å²) in [6, 6.07) is 1.52. The standard InChI is InChI=1S/C15H19N5O2S/c21-23(22,14-6-7-18-20(14)10-11-4-5-11)19-13-8-16-15(17-9-13)12-2-1-3-12/h6-9,11-12,19H,1-5,10H2. The van der Waals surface area contributed by atoms with Crippen LogP contribution in [0.5, 0.6) is 0 Å². The van der Waals surface area contributed by atoms with E-state index in [1.807, 2.05) is 0 Å². The minimum Gasteiger partial charge on any atom is -0.275 e. The zero-order valence-corrected chi connectivity index (χ0v) is 13.5. The van der Waals surface area contributed by atoms with Crippen molar-refractivity contribution in [3.8, 4) is 0 Å². The first-order valence-electron chi connectivity index (χ1n) is 7.98. The van der Waals surface area contributed by atoms with Gasteiger partial charge in [-0.05, 0) is 37.7 Å². The van der Waals surface area contributed by atoms with E-state index in [2.05, 4.69) is 19.8 Å². The molecule has 2 aliphatic rings. The number of hydrogen-bond donors (Lipinski definition) is 1. The van der Waals surface area contributed by atoms with E-state index in [0.29, 0.717) is 24.1 Å². The number of aromatic nitrogens is 4. The van der Waals surface area contributed by atoms with Crippen LogP contribution in [-0.2, 0) is 16.6 Å². The quantitative estimate of drug-likeness (QED) is 0.875. The molecule has 0 saturated heterocycles. The van der Waals surface area contributed by atoms with Crippen molar-refractivity contribution in [3.05, 3.63) is 30.5 Å². The van der Waals surface area contributed by atoms with Crippen molar-refractivity contribution in [3.63, 3.8) is 0 Å². The van der Waals surface area contributed by atoms with Gasteiger partial charge in [0.2, 0.25) is 0 Å². The average molecular weight is 333 g/mol. The zero-order valence-electron chi connectivity index (χ0n) is 12.7. The fourth-order valence-electron chi connectivity index (χ4n) is 2.71. The van der Waals surface area contributed by atoms with Crippen molar-refractivity contribution in [2.75, 3.05) is 4.72 Å². The average Bonchev–Trinajstić information content (AvgIpc) is 3.13. The molecule has 0 aromatic carbocycles. The van der Waals surface area contributed by atoms with Crippen LogP contribution in [0.15, 0.2) is 29.7 Å². The summed E-state index contributed by atoms with van der Waals surface area (Å²) in [7, 11) is -3.67. The minimum absolute atomic E-state index is 0.187. The first-order chi connectivity index (χ1) is 11.1. The van der Waals surface area contributed by atoms with Crippen molar-refractivity contribution in [1.29, 1.82) is 0 Å². The Morgan fingerprint density at radius 3 is 2.52 bits per heavy atom. The molecule has 7 nitrogen and oxygen atoms in total. The Balaban J connectivity index is 1.51. The maximum Gasteiger partial charge on any atom is 0.279 e. The number of rotatable bonds is 6. The minimum atomic E-state index is -3.67. The Morgan fingerprint density at radius 1 is 1.17 bits per heavy atom. The summed E-state index contributed by atoms with van der Waals surface area (Å²) in [5.41, 5.74) is 0.382. The van der Waals surface area contributed by atoms with E-state index < -0.39 is 10.0 Å². The highest BCUT2D eigenvalue weighted by Crippen LogP contribution is 2.34. The lowest BCUT2D eigenvalue weighted by atomic mass is 9.85. The van der Waals surface area contributed by atoms with Gasteiger partial charge in [-0.2, -0.15) is 13.5 Å². The van der Waals surface area contributed by atoms with Gasteiger partial charge in [-0.3, -0.25) is 9.40 Å². The summed E-state index contributed by atoms with van der Waals surface area (Å²) in [4.78, 5) is 8.57. The van der Waals surface area contributed by atoms with Crippen LogP contribution >= 0.6 is 0 Å². The van der Waals surface area contributed by atoms with E-state index in [4.69, 9.17) is 0 Å². The van der Waals surface area contributed by atoms with Gasteiger partial charge in [0.15, 0.2) is 5.03 Å². The van der Waals surface area contributed by atoms with Crippen molar-refractivity contribution in [2.24, 2.45) is 5.92 Å². The molecule has 0 radical (unpaired) electrons. The summed E-state index contributed by atoms with van der Waals surface area (Å²) in [5, 5.41) is 4.31. The third-order valence-corrected chi connectivity index (χ3v) is 5.88. The van der Waals surface area contributed by atoms with Crippen LogP contribution in [0.3, 0.4) is 0 Å². The predicted octanol–water partition coefficient (Wildman–Crippen LogP) is 2.15. The highest BCUT2D eigenvalue weighted by atomic mass is 32.2. The molecule has 2 aromatic rings. The number of nitrogens with one attached hydrogen (secondary N) is 1. The molecule has 4 rings (SSSR count). The summed E-state index contributed by atoms with van der Waals surface area (Å²) in [6.07, 6.45) is 10.3. The van der Waals surface area contributed by atoms with Gasteiger partial charge in [-0.15, -0.1) is 0 Å². The van der Waals surface area contributed by atoms with Gasteiger partial charge in [-0.1, -0.05) is 6.42 Å². The number of hydrogen-bond acceptors (Lipinski definition) is 5. The second kappa shape index (κ2) is 5.59. The molecule has 122 valence electrons. The molecule has 8 heteroatoms. The van der Waals surface area contributed by atoms with Crippen molar-refractivity contribution in [1.82, 2.24) is 19.7 Å². The first-order valence-corrected chi connectivity index (χ1v) is 9.47. The van der Waals surface area contributed by atoms with Gasteiger partial charge in [0, 0.05) is 12.5 Å². The van der Waals surface area contributed by atoms with E-state index in [1.165, 1.54) is 18.7 Å². The van der Waals surface area contributed by atoms with Gasteiger partial charge in [-0.25, -0.2) is 9.97 Å². The largest absolute Gasteiger partial charge is 0.279 e. The maximum atomic E-state index is 12.5. The van der Waals surface area contributed by atoms with Crippen LogP contribution in [0.2, 0.25) is 0 Å². The Kier molecular flexibility index (Phi) is 3.56. The molecule has 0 amide bonds. The molecule has 0 aliphatic heterocycles. The lowest BCUT2D eigenvalue weighted by Crippen LogP contribution is -2.19. The highest BCUT2D eigenvalue weighted by molar-refractivity contribution is 7.92. The molecule has 0 spiro atoms. The predicted molar refractivity (Wildman–Crippen MR) is 84.4 cm³/mol. The summed E-state index contributed by atoms with van der Waals surface area (Å²) < 4.78 is 29.2. The van der Waals surface area contributed by atoms with Crippen molar-refractivity contribution >= 4 is 15.7 Å². The van der Waals surface area contributed by atoms with E-state index in [1.54, 1.807) is 17.1 Å². The van der Waals surface area contributed by atoms with Gasteiger partial charge < -0.3 is 0 Å². The molecule has 0 atom stereocenters. The molecule has 2 heterocycles. The van der Waals surface area contributed by atoms with Crippen LogP contribution in [0, 0.1) is 5.92 Å². The van der Waals surface area contributed by atoms with Crippen LogP contribution in [0.4, 0.5) is 5.69 Å². The topological polar surface area (TPSA) is 89.8 Å². The third-order valence-electron chi connectivity index (χ3n) is 4.48. The Hall–Kier alpha value is -1.96. The number of nitrogens with zero attached hydrogens (tertiary/aromatic N) is 4. The fourth-order valence-corrected chi connectivity index (χ4v) is 3.87.